The molecule has 0 saturated carbocycles. The molecule has 0 unspecified atom stereocenters. The first-order valence-corrected chi connectivity index (χ1v) is 13.7. The van der Waals surface area contributed by atoms with Crippen LogP contribution in [0.25, 0.3) is 21.5 Å². The summed E-state index contributed by atoms with van der Waals surface area (Å²) in [6.07, 6.45) is 1.72. The van der Waals surface area contributed by atoms with Gasteiger partial charge in [-0.1, -0.05) is 24.3 Å². The molecule has 0 spiro atoms. The summed E-state index contributed by atoms with van der Waals surface area (Å²) >= 11 is 1.80. The van der Waals surface area contributed by atoms with Crippen LogP contribution >= 0.6 is 11.3 Å². The van der Waals surface area contributed by atoms with Gasteiger partial charge >= 0.3 is 0 Å². The molecule has 8 heteroatoms. The molecule has 7 nitrogen and oxygen atoms in total. The van der Waals surface area contributed by atoms with Crippen molar-refractivity contribution in [1.82, 2.24) is 19.4 Å². The van der Waals surface area contributed by atoms with Crippen molar-refractivity contribution in [2.75, 3.05) is 32.6 Å². The summed E-state index contributed by atoms with van der Waals surface area (Å²) in [5, 5.41) is 4.52. The lowest BCUT2D eigenvalue weighted by Crippen LogP contribution is -2.27. The van der Waals surface area contributed by atoms with Gasteiger partial charge < -0.3 is 15.0 Å². The molecule has 1 N–H and O–H groups in total. The Morgan fingerprint density at radius 3 is 2.68 bits per heavy atom. The monoisotopic (exact) mass is 517 g/mol. The van der Waals surface area contributed by atoms with Gasteiger partial charge in [0.1, 0.15) is 17.3 Å². The van der Waals surface area contributed by atoms with Crippen molar-refractivity contribution in [3.63, 3.8) is 0 Å². The van der Waals surface area contributed by atoms with Crippen molar-refractivity contribution in [1.29, 1.82) is 0 Å². The number of benzene rings is 1. The molecule has 1 saturated heterocycles. The number of ether oxygens (including phenoxy) is 1. The second kappa shape index (κ2) is 10.7. The highest BCUT2D eigenvalue weighted by Gasteiger charge is 2.23. The summed E-state index contributed by atoms with van der Waals surface area (Å²) in [7, 11) is 6.00. The fourth-order valence-corrected chi connectivity index (χ4v) is 6.19. The molecular formula is C29H35N5O2S. The van der Waals surface area contributed by atoms with Crippen LogP contribution in [-0.4, -0.2) is 46.7 Å². The van der Waals surface area contributed by atoms with Gasteiger partial charge in [-0.3, -0.25) is 9.36 Å². The lowest BCUT2D eigenvalue weighted by molar-refractivity contribution is 0.0850. The number of hydrogen-bond acceptors (Lipinski definition) is 7. The first-order valence-electron chi connectivity index (χ1n) is 12.9. The minimum atomic E-state index is 0.0239. The van der Waals surface area contributed by atoms with Gasteiger partial charge in [-0.25, -0.2) is 9.97 Å². The molecule has 4 aromatic rings. The van der Waals surface area contributed by atoms with E-state index in [4.69, 9.17) is 9.72 Å². The zero-order valence-electron chi connectivity index (χ0n) is 22.2. The molecule has 1 fully saturated rings. The zero-order valence-corrected chi connectivity index (χ0v) is 23.1. The Balaban J connectivity index is 1.48. The molecule has 0 amide bonds. The molecule has 4 heterocycles. The third kappa shape index (κ3) is 5.32. The van der Waals surface area contributed by atoms with Gasteiger partial charge in [-0.05, 0) is 76.0 Å². The highest BCUT2D eigenvalue weighted by atomic mass is 32.1. The van der Waals surface area contributed by atoms with Crippen molar-refractivity contribution in [3.8, 4) is 10.4 Å². The van der Waals surface area contributed by atoms with Crippen molar-refractivity contribution in [3.05, 3.63) is 74.6 Å². The number of thiophene rings is 1. The fourth-order valence-electron chi connectivity index (χ4n) is 5.12. The fraction of sp³-hybridized carbons (Fsp3) is 0.414. The normalized spacial score (nSPS) is 15.4. The van der Waals surface area contributed by atoms with E-state index in [-0.39, 0.29) is 17.5 Å². The van der Waals surface area contributed by atoms with Gasteiger partial charge in [0, 0.05) is 42.1 Å². The SMILES string of the molecule is Cc1nc(N[C@H](C)c2ccc(-c3ccccc3CN(C)C)s2)c2cc(C3CCOCC3)c(=O)n(C)c2n1. The van der Waals surface area contributed by atoms with Gasteiger partial charge in [-0.15, -0.1) is 11.3 Å². The van der Waals surface area contributed by atoms with Crippen LogP contribution in [0.5, 0.6) is 0 Å². The van der Waals surface area contributed by atoms with Crippen molar-refractivity contribution in [2.24, 2.45) is 7.05 Å². The van der Waals surface area contributed by atoms with E-state index >= 15 is 0 Å². The number of nitrogens with one attached hydrogen (secondary N) is 1. The first kappa shape index (κ1) is 25.6. The molecule has 0 radical (unpaired) electrons. The number of hydrogen-bond donors (Lipinski definition) is 1. The average Bonchev–Trinajstić information content (AvgIpc) is 3.37. The van der Waals surface area contributed by atoms with E-state index < -0.39 is 0 Å². The Morgan fingerprint density at radius 2 is 1.92 bits per heavy atom. The molecular weight excluding hydrogens is 482 g/mol. The van der Waals surface area contributed by atoms with E-state index in [1.165, 1.54) is 20.9 Å². The van der Waals surface area contributed by atoms with Crippen molar-refractivity contribution in [2.45, 2.75) is 45.2 Å². The van der Waals surface area contributed by atoms with Crippen LogP contribution in [0, 0.1) is 6.92 Å². The minimum Gasteiger partial charge on any atom is -0.381 e. The van der Waals surface area contributed by atoms with Gasteiger partial charge in [-0.2, -0.15) is 0 Å². The van der Waals surface area contributed by atoms with Crippen LogP contribution in [0.3, 0.4) is 0 Å². The van der Waals surface area contributed by atoms with Crippen LogP contribution < -0.4 is 10.9 Å². The number of rotatable bonds is 7. The molecule has 1 atom stereocenters. The molecule has 1 aromatic carbocycles. The molecule has 1 aliphatic heterocycles. The second-order valence-electron chi connectivity index (χ2n) is 10.2. The Bertz CT molecular complexity index is 1470. The van der Waals surface area contributed by atoms with Crippen LogP contribution in [0.2, 0.25) is 0 Å². The predicted molar refractivity (Wildman–Crippen MR) is 151 cm³/mol. The van der Waals surface area contributed by atoms with Crippen LogP contribution in [0.15, 0.2) is 47.3 Å². The van der Waals surface area contributed by atoms with E-state index in [2.05, 4.69) is 72.6 Å². The van der Waals surface area contributed by atoms with E-state index in [1.807, 2.05) is 20.0 Å². The summed E-state index contributed by atoms with van der Waals surface area (Å²) in [5.41, 5.74) is 4.11. The minimum absolute atomic E-state index is 0.0239. The summed E-state index contributed by atoms with van der Waals surface area (Å²) in [4.78, 5) is 27.3. The number of aryl methyl sites for hydroxylation is 2. The smallest absolute Gasteiger partial charge is 0.255 e. The highest BCUT2D eigenvalue weighted by molar-refractivity contribution is 7.15. The molecule has 5 rings (SSSR count). The molecule has 1 aliphatic rings. The Hall–Kier alpha value is -3.07. The summed E-state index contributed by atoms with van der Waals surface area (Å²) in [5.74, 6) is 1.60. The van der Waals surface area contributed by atoms with E-state index in [0.717, 1.165) is 36.2 Å². The maximum Gasteiger partial charge on any atom is 0.255 e. The lowest BCUT2D eigenvalue weighted by atomic mass is 9.92. The van der Waals surface area contributed by atoms with Crippen molar-refractivity contribution >= 4 is 28.2 Å². The number of anilines is 1. The Morgan fingerprint density at radius 1 is 1.16 bits per heavy atom. The maximum atomic E-state index is 13.2. The predicted octanol–water partition coefficient (Wildman–Crippen LogP) is 5.49. The quantitative estimate of drug-likeness (QED) is 0.349. The molecule has 37 heavy (non-hydrogen) atoms. The number of pyridine rings is 1. The summed E-state index contributed by atoms with van der Waals surface area (Å²) < 4.78 is 7.21. The van der Waals surface area contributed by atoms with Gasteiger partial charge in [0.15, 0.2) is 0 Å². The third-order valence-corrected chi connectivity index (χ3v) is 8.35. The second-order valence-corrected chi connectivity index (χ2v) is 11.3. The van der Waals surface area contributed by atoms with E-state index in [9.17, 15) is 4.79 Å². The van der Waals surface area contributed by atoms with Gasteiger partial charge in [0.25, 0.3) is 5.56 Å². The largest absolute Gasteiger partial charge is 0.381 e. The van der Waals surface area contributed by atoms with Crippen LogP contribution in [0.1, 0.15) is 53.6 Å². The number of nitrogens with zero attached hydrogens (tertiary/aromatic N) is 4. The Kier molecular flexibility index (Phi) is 7.42. The van der Waals surface area contributed by atoms with Gasteiger partial charge in [0.2, 0.25) is 0 Å². The number of aromatic nitrogens is 3. The molecule has 0 aliphatic carbocycles. The van der Waals surface area contributed by atoms with Crippen LogP contribution in [-0.2, 0) is 18.3 Å². The topological polar surface area (TPSA) is 72.3 Å². The third-order valence-electron chi connectivity index (χ3n) is 7.04. The van der Waals surface area contributed by atoms with Crippen molar-refractivity contribution < 1.29 is 4.74 Å². The molecule has 3 aromatic heterocycles. The average molecular weight is 518 g/mol. The lowest BCUT2D eigenvalue weighted by Gasteiger charge is -2.23. The molecule has 0 bridgehead atoms. The van der Waals surface area contributed by atoms with Crippen LogP contribution in [0.4, 0.5) is 5.82 Å². The van der Waals surface area contributed by atoms with E-state index in [0.29, 0.717) is 24.7 Å². The highest BCUT2D eigenvalue weighted by Crippen LogP contribution is 2.36. The summed E-state index contributed by atoms with van der Waals surface area (Å²) in [6, 6.07) is 15.1. The maximum absolute atomic E-state index is 13.2. The zero-order chi connectivity index (χ0) is 26.1. The van der Waals surface area contributed by atoms with Gasteiger partial charge in [0.05, 0.1) is 11.4 Å². The van der Waals surface area contributed by atoms with E-state index in [1.54, 1.807) is 15.9 Å². The summed E-state index contributed by atoms with van der Waals surface area (Å²) in [6.45, 7) is 6.31. The number of fused-ring (bicyclic) bond motifs is 1. The Labute approximate surface area is 222 Å². The molecule has 194 valence electrons. The first-order chi connectivity index (χ1) is 17.8. The standard InChI is InChI=1S/C29H35N5O2S/c1-18(25-10-11-26(37-25)22-9-7-6-8-21(22)17-33(3)4)30-27-24-16-23(20-12-14-36-15-13-20)29(35)34(5)28(24)32-19(2)31-27/h6-11,16,18,20H,12-15,17H2,1-5H3,(H,30,31,32)/t18-/m1/s1.